The van der Waals surface area contributed by atoms with E-state index in [2.05, 4.69) is 48.3 Å². The van der Waals surface area contributed by atoms with Crippen molar-refractivity contribution in [2.45, 2.75) is 59.0 Å². The molecule has 0 N–H and O–H groups in total. The number of amides is 1. The Bertz CT molecular complexity index is 1050. The molecule has 31 heavy (non-hydrogen) atoms. The first-order valence-electron chi connectivity index (χ1n) is 11.2. The molecule has 3 aromatic rings. The average Bonchev–Trinajstić information content (AvgIpc) is 3.25. The second-order valence-electron chi connectivity index (χ2n) is 9.48. The van der Waals surface area contributed by atoms with E-state index in [4.69, 9.17) is 4.98 Å². The fourth-order valence-corrected chi connectivity index (χ4v) is 5.05. The second-order valence-corrected chi connectivity index (χ2v) is 10.3. The van der Waals surface area contributed by atoms with Gasteiger partial charge in [0, 0.05) is 55.3 Å². The summed E-state index contributed by atoms with van der Waals surface area (Å²) in [7, 11) is 0. The van der Waals surface area contributed by atoms with Crippen LogP contribution < -0.4 is 0 Å². The molecule has 6 nitrogen and oxygen atoms in total. The minimum Gasteiger partial charge on any atom is -0.341 e. The predicted octanol–water partition coefficient (Wildman–Crippen LogP) is 4.22. The van der Waals surface area contributed by atoms with Gasteiger partial charge in [-0.3, -0.25) is 14.4 Å². The molecule has 1 aliphatic rings. The molecule has 1 amide bonds. The molecular weight excluding hydrogens is 406 g/mol. The summed E-state index contributed by atoms with van der Waals surface area (Å²) in [5.74, 6) is 0.225. The lowest BCUT2D eigenvalue weighted by molar-refractivity contribution is -0.131. The van der Waals surface area contributed by atoms with Crippen LogP contribution in [0.3, 0.4) is 0 Å². The number of aryl methyl sites for hydroxylation is 2. The molecule has 0 bridgehead atoms. The molecular formula is C24H33N5OS. The van der Waals surface area contributed by atoms with Crippen LogP contribution in [0.25, 0.3) is 10.9 Å². The van der Waals surface area contributed by atoms with E-state index in [1.54, 1.807) is 11.3 Å². The van der Waals surface area contributed by atoms with Gasteiger partial charge in [-0.05, 0) is 19.4 Å². The largest absolute Gasteiger partial charge is 0.341 e. The summed E-state index contributed by atoms with van der Waals surface area (Å²) in [4.78, 5) is 22.2. The Hall–Kier alpha value is -2.25. The summed E-state index contributed by atoms with van der Waals surface area (Å²) in [6.07, 6.45) is 1.50. The van der Waals surface area contributed by atoms with Crippen LogP contribution in [0.2, 0.25) is 0 Å². The standard InChI is InChI=1S/C24H33N5OS/c1-18-20-8-5-6-9-21(20)29(26-18)13-10-22(30)28-12-7-11-27(14-15-28)16-19-17-31-23(25-19)24(2,3)4/h5-6,8-9,17H,7,10-16H2,1-4H3. The molecule has 1 aliphatic heterocycles. The van der Waals surface area contributed by atoms with Crippen molar-refractivity contribution in [2.24, 2.45) is 0 Å². The Kier molecular flexibility index (Phi) is 6.44. The third-order valence-corrected chi connectivity index (χ3v) is 7.22. The van der Waals surface area contributed by atoms with Gasteiger partial charge in [0.15, 0.2) is 0 Å². The predicted molar refractivity (Wildman–Crippen MR) is 126 cm³/mol. The van der Waals surface area contributed by atoms with Crippen molar-refractivity contribution in [1.82, 2.24) is 24.6 Å². The molecule has 7 heteroatoms. The van der Waals surface area contributed by atoms with E-state index >= 15 is 0 Å². The summed E-state index contributed by atoms with van der Waals surface area (Å²) >= 11 is 1.75. The lowest BCUT2D eigenvalue weighted by Crippen LogP contribution is -2.35. The van der Waals surface area contributed by atoms with Gasteiger partial charge in [-0.15, -0.1) is 11.3 Å². The Morgan fingerprint density at radius 2 is 1.94 bits per heavy atom. The van der Waals surface area contributed by atoms with E-state index in [0.29, 0.717) is 13.0 Å². The fraction of sp³-hybridized carbons (Fsp3) is 0.542. The highest BCUT2D eigenvalue weighted by molar-refractivity contribution is 7.09. The first kappa shape index (κ1) is 22.0. The van der Waals surface area contributed by atoms with Gasteiger partial charge in [0.1, 0.15) is 0 Å². The minimum atomic E-state index is 0.101. The molecule has 2 aromatic heterocycles. The molecule has 1 fully saturated rings. The third-order valence-electron chi connectivity index (χ3n) is 5.90. The molecule has 0 spiro atoms. The van der Waals surface area contributed by atoms with Crippen molar-refractivity contribution in [3.8, 4) is 0 Å². The van der Waals surface area contributed by atoms with Gasteiger partial charge in [-0.25, -0.2) is 4.98 Å². The molecule has 0 saturated carbocycles. The molecule has 0 unspecified atom stereocenters. The van der Waals surface area contributed by atoms with Crippen molar-refractivity contribution in [2.75, 3.05) is 26.2 Å². The number of thiazole rings is 1. The lowest BCUT2D eigenvalue weighted by atomic mass is 9.98. The quantitative estimate of drug-likeness (QED) is 0.597. The van der Waals surface area contributed by atoms with Gasteiger partial charge >= 0.3 is 0 Å². The van der Waals surface area contributed by atoms with Gasteiger partial charge in [-0.2, -0.15) is 5.10 Å². The minimum absolute atomic E-state index is 0.101. The lowest BCUT2D eigenvalue weighted by Gasteiger charge is -2.22. The molecule has 0 radical (unpaired) electrons. The maximum Gasteiger partial charge on any atom is 0.224 e. The summed E-state index contributed by atoms with van der Waals surface area (Å²) in [5, 5.41) is 9.17. The highest BCUT2D eigenvalue weighted by Crippen LogP contribution is 2.26. The number of benzene rings is 1. The van der Waals surface area contributed by atoms with E-state index < -0.39 is 0 Å². The Morgan fingerprint density at radius 1 is 1.13 bits per heavy atom. The number of fused-ring (bicyclic) bond motifs is 1. The van der Waals surface area contributed by atoms with Crippen molar-refractivity contribution in [3.05, 3.63) is 46.0 Å². The average molecular weight is 440 g/mol. The van der Waals surface area contributed by atoms with E-state index in [-0.39, 0.29) is 11.3 Å². The molecule has 166 valence electrons. The number of rotatable bonds is 5. The number of aromatic nitrogens is 3. The van der Waals surface area contributed by atoms with Crippen LogP contribution in [0.1, 0.15) is 50.0 Å². The van der Waals surface area contributed by atoms with Crippen LogP contribution in [0.5, 0.6) is 0 Å². The van der Waals surface area contributed by atoms with Crippen molar-refractivity contribution in [1.29, 1.82) is 0 Å². The highest BCUT2D eigenvalue weighted by Gasteiger charge is 2.22. The first-order valence-corrected chi connectivity index (χ1v) is 12.1. The molecule has 1 saturated heterocycles. The molecule has 0 aliphatic carbocycles. The second kappa shape index (κ2) is 9.09. The smallest absolute Gasteiger partial charge is 0.224 e. The Morgan fingerprint density at radius 3 is 2.71 bits per heavy atom. The maximum absolute atomic E-state index is 12.9. The number of para-hydroxylation sites is 1. The fourth-order valence-electron chi connectivity index (χ4n) is 4.16. The summed E-state index contributed by atoms with van der Waals surface area (Å²) in [6.45, 7) is 13.7. The normalized spacial score (nSPS) is 16.1. The van der Waals surface area contributed by atoms with Gasteiger partial charge in [0.2, 0.25) is 5.91 Å². The van der Waals surface area contributed by atoms with E-state index in [1.165, 1.54) is 5.01 Å². The number of hydrogen-bond donors (Lipinski definition) is 0. The van der Waals surface area contributed by atoms with Gasteiger partial charge in [0.25, 0.3) is 0 Å². The monoisotopic (exact) mass is 439 g/mol. The first-order chi connectivity index (χ1) is 14.8. The number of carbonyl (C=O) groups excluding carboxylic acids is 1. The topological polar surface area (TPSA) is 54.3 Å². The van der Waals surface area contributed by atoms with Crippen LogP contribution in [-0.4, -0.2) is 56.7 Å². The van der Waals surface area contributed by atoms with Gasteiger partial charge in [0.05, 0.1) is 28.5 Å². The summed E-state index contributed by atoms with van der Waals surface area (Å²) in [6, 6.07) is 8.22. The number of hydrogen-bond acceptors (Lipinski definition) is 5. The zero-order valence-electron chi connectivity index (χ0n) is 19.1. The zero-order valence-corrected chi connectivity index (χ0v) is 19.9. The third kappa shape index (κ3) is 5.15. The SMILES string of the molecule is Cc1nn(CCC(=O)N2CCCN(Cc3csc(C(C)(C)C)n3)CC2)c2ccccc12. The van der Waals surface area contributed by atoms with Crippen LogP contribution >= 0.6 is 11.3 Å². The van der Waals surface area contributed by atoms with Crippen molar-refractivity contribution >= 4 is 28.1 Å². The zero-order chi connectivity index (χ0) is 22.0. The van der Waals surface area contributed by atoms with E-state index in [1.807, 2.05) is 28.6 Å². The molecule has 0 atom stereocenters. The maximum atomic E-state index is 12.9. The van der Waals surface area contributed by atoms with Crippen molar-refractivity contribution in [3.63, 3.8) is 0 Å². The van der Waals surface area contributed by atoms with Gasteiger partial charge < -0.3 is 4.90 Å². The van der Waals surface area contributed by atoms with Crippen LogP contribution in [-0.2, 0) is 23.3 Å². The highest BCUT2D eigenvalue weighted by atomic mass is 32.1. The summed E-state index contributed by atoms with van der Waals surface area (Å²) in [5.41, 5.74) is 3.37. The molecule has 4 rings (SSSR count). The van der Waals surface area contributed by atoms with Crippen LogP contribution in [0, 0.1) is 6.92 Å². The number of carbonyl (C=O) groups is 1. The van der Waals surface area contributed by atoms with Gasteiger partial charge in [-0.1, -0.05) is 39.0 Å². The van der Waals surface area contributed by atoms with Crippen molar-refractivity contribution < 1.29 is 4.79 Å². The Balaban J connectivity index is 1.31. The number of nitrogens with zero attached hydrogens (tertiary/aromatic N) is 5. The molecule has 1 aromatic carbocycles. The van der Waals surface area contributed by atoms with Crippen LogP contribution in [0.4, 0.5) is 0 Å². The summed E-state index contributed by atoms with van der Waals surface area (Å²) < 4.78 is 1.97. The van der Waals surface area contributed by atoms with E-state index in [0.717, 1.165) is 61.4 Å². The molecule has 3 heterocycles. The van der Waals surface area contributed by atoms with E-state index in [9.17, 15) is 4.79 Å². The Labute approximate surface area is 188 Å². The van der Waals surface area contributed by atoms with Crippen LogP contribution in [0.15, 0.2) is 29.6 Å².